The molecule has 0 aliphatic heterocycles. The molecule has 7 nitrogen and oxygen atoms in total. The predicted molar refractivity (Wildman–Crippen MR) is 113 cm³/mol. The minimum atomic E-state index is -0.633. The number of imidazole rings is 1. The zero-order valence-corrected chi connectivity index (χ0v) is 17.4. The Balaban J connectivity index is 1.76. The van der Waals surface area contributed by atoms with Gasteiger partial charge in [0.1, 0.15) is 5.41 Å². The fourth-order valence-corrected chi connectivity index (χ4v) is 3.18. The molecule has 0 aliphatic carbocycles. The van der Waals surface area contributed by atoms with Gasteiger partial charge in [-0.25, -0.2) is 4.98 Å². The van der Waals surface area contributed by atoms with Crippen molar-refractivity contribution < 1.29 is 9.21 Å². The van der Waals surface area contributed by atoms with E-state index in [1.54, 1.807) is 29.7 Å². The lowest BCUT2D eigenvalue weighted by Gasteiger charge is -2.11. The van der Waals surface area contributed by atoms with Crippen LogP contribution in [0.1, 0.15) is 41.8 Å². The van der Waals surface area contributed by atoms with E-state index in [9.17, 15) is 4.79 Å². The van der Waals surface area contributed by atoms with Gasteiger partial charge >= 0.3 is 0 Å². The highest BCUT2D eigenvalue weighted by Gasteiger charge is 2.24. The average molecular weight is 420 g/mol. The SMILES string of the molecule is Cc1nnc(C(C)(C)C#Cc2cccc(-c3nc(C(N)=O)n4cc(Cl)ccc34)c2)o1. The summed E-state index contributed by atoms with van der Waals surface area (Å²) in [6, 6.07) is 11.1. The van der Waals surface area contributed by atoms with Gasteiger partial charge in [0.05, 0.1) is 16.2 Å². The van der Waals surface area contributed by atoms with Gasteiger partial charge in [-0.2, -0.15) is 0 Å². The van der Waals surface area contributed by atoms with E-state index in [0.717, 1.165) is 16.6 Å². The van der Waals surface area contributed by atoms with E-state index in [1.165, 1.54) is 0 Å². The summed E-state index contributed by atoms with van der Waals surface area (Å²) in [5.74, 6) is 6.80. The minimum Gasteiger partial charge on any atom is -0.424 e. The van der Waals surface area contributed by atoms with Crippen molar-refractivity contribution in [1.82, 2.24) is 19.6 Å². The van der Waals surface area contributed by atoms with E-state index >= 15 is 0 Å². The quantitative estimate of drug-likeness (QED) is 0.509. The summed E-state index contributed by atoms with van der Waals surface area (Å²) in [6.45, 7) is 5.58. The number of benzene rings is 1. The lowest BCUT2D eigenvalue weighted by atomic mass is 9.94. The molecule has 8 heteroatoms. The smallest absolute Gasteiger partial charge is 0.285 e. The molecular weight excluding hydrogens is 402 g/mol. The first kappa shape index (κ1) is 19.7. The summed E-state index contributed by atoms with van der Waals surface area (Å²) in [7, 11) is 0. The van der Waals surface area contributed by atoms with Gasteiger partial charge in [-0.15, -0.1) is 10.2 Å². The van der Waals surface area contributed by atoms with Crippen molar-refractivity contribution in [3.05, 3.63) is 70.8 Å². The van der Waals surface area contributed by atoms with Crippen LogP contribution >= 0.6 is 11.6 Å². The minimum absolute atomic E-state index is 0.117. The maximum atomic E-state index is 11.8. The first-order valence-corrected chi connectivity index (χ1v) is 9.54. The number of carbonyl (C=O) groups excluding carboxylic acids is 1. The Kier molecular flexibility index (Phi) is 4.80. The number of aromatic nitrogens is 4. The number of pyridine rings is 1. The number of aryl methyl sites for hydroxylation is 1. The number of fused-ring (bicyclic) bond motifs is 1. The first-order valence-electron chi connectivity index (χ1n) is 9.16. The second-order valence-corrected chi connectivity index (χ2v) is 7.77. The molecule has 0 saturated heterocycles. The number of amides is 1. The molecule has 0 aliphatic rings. The fraction of sp³-hybridized carbons (Fsp3) is 0.182. The Labute approximate surface area is 177 Å². The molecule has 2 N–H and O–H groups in total. The largest absolute Gasteiger partial charge is 0.424 e. The lowest BCUT2D eigenvalue weighted by Crippen LogP contribution is -2.15. The Hall–Kier alpha value is -3.63. The molecule has 0 unspecified atom stereocenters. The van der Waals surface area contributed by atoms with Gasteiger partial charge in [0.2, 0.25) is 17.6 Å². The number of hydrogen-bond acceptors (Lipinski definition) is 5. The molecule has 0 fully saturated rings. The van der Waals surface area contributed by atoms with Crippen molar-refractivity contribution >= 4 is 23.0 Å². The van der Waals surface area contributed by atoms with Crippen molar-refractivity contribution in [2.24, 2.45) is 5.73 Å². The van der Waals surface area contributed by atoms with Crippen molar-refractivity contribution in [2.45, 2.75) is 26.2 Å². The summed E-state index contributed by atoms with van der Waals surface area (Å²) in [5.41, 5.74) is 7.83. The summed E-state index contributed by atoms with van der Waals surface area (Å²) >= 11 is 6.08. The van der Waals surface area contributed by atoms with Gasteiger partial charge in [0.15, 0.2) is 0 Å². The van der Waals surface area contributed by atoms with Gasteiger partial charge in [-0.3, -0.25) is 9.20 Å². The monoisotopic (exact) mass is 419 g/mol. The summed E-state index contributed by atoms with van der Waals surface area (Å²) in [5, 5.41) is 8.42. The summed E-state index contributed by atoms with van der Waals surface area (Å²) in [4.78, 5) is 16.3. The number of carbonyl (C=O) groups is 1. The number of hydrogen-bond donors (Lipinski definition) is 1. The van der Waals surface area contributed by atoms with E-state index in [2.05, 4.69) is 27.0 Å². The van der Waals surface area contributed by atoms with Gasteiger partial charge in [0, 0.05) is 24.2 Å². The zero-order valence-electron chi connectivity index (χ0n) is 16.6. The van der Waals surface area contributed by atoms with Crippen LogP contribution < -0.4 is 5.73 Å². The van der Waals surface area contributed by atoms with Crippen LogP contribution in [0.25, 0.3) is 16.8 Å². The number of primary amides is 1. The van der Waals surface area contributed by atoms with Crippen molar-refractivity contribution in [2.75, 3.05) is 0 Å². The molecule has 0 saturated carbocycles. The molecule has 0 bridgehead atoms. The molecule has 0 atom stereocenters. The molecule has 150 valence electrons. The second-order valence-electron chi connectivity index (χ2n) is 7.33. The van der Waals surface area contributed by atoms with E-state index in [1.807, 2.05) is 38.1 Å². The topological polar surface area (TPSA) is 99.3 Å². The Morgan fingerprint density at radius 3 is 2.73 bits per heavy atom. The van der Waals surface area contributed by atoms with Crippen LogP contribution in [0.3, 0.4) is 0 Å². The highest BCUT2D eigenvalue weighted by Crippen LogP contribution is 2.27. The number of rotatable bonds is 3. The average Bonchev–Trinajstić information content (AvgIpc) is 3.31. The van der Waals surface area contributed by atoms with Crippen LogP contribution in [0.4, 0.5) is 0 Å². The molecule has 4 aromatic rings. The molecule has 1 amide bonds. The molecule has 1 aromatic carbocycles. The molecule has 4 rings (SSSR count). The number of nitrogens with zero attached hydrogens (tertiary/aromatic N) is 4. The maximum Gasteiger partial charge on any atom is 0.285 e. The molecule has 0 radical (unpaired) electrons. The van der Waals surface area contributed by atoms with Crippen molar-refractivity contribution in [3.63, 3.8) is 0 Å². The van der Waals surface area contributed by atoms with E-state index < -0.39 is 11.3 Å². The Bertz CT molecular complexity index is 1340. The predicted octanol–water partition coefficient (Wildman–Crippen LogP) is 3.77. The Morgan fingerprint density at radius 1 is 1.23 bits per heavy atom. The van der Waals surface area contributed by atoms with Crippen molar-refractivity contribution in [3.8, 4) is 23.1 Å². The standard InChI is InChI=1S/C22H18ClN5O2/c1-13-26-27-21(30-13)22(2,3)10-9-14-5-4-6-15(11-14)18-17-8-7-16(23)12-28(17)20(25-18)19(24)29/h4-8,11-12H,1-3H3,(H2,24,29). The fourth-order valence-electron chi connectivity index (χ4n) is 3.02. The Morgan fingerprint density at radius 2 is 2.03 bits per heavy atom. The van der Waals surface area contributed by atoms with Crippen LogP contribution in [0.2, 0.25) is 5.02 Å². The summed E-state index contributed by atoms with van der Waals surface area (Å²) < 4.78 is 7.12. The lowest BCUT2D eigenvalue weighted by molar-refractivity contribution is 0.0990. The molecule has 0 spiro atoms. The molecular formula is C22H18ClN5O2. The van der Waals surface area contributed by atoms with Gasteiger partial charge in [-0.05, 0) is 38.1 Å². The van der Waals surface area contributed by atoms with Gasteiger partial charge in [0.25, 0.3) is 5.91 Å². The maximum absolute atomic E-state index is 11.8. The number of nitrogens with two attached hydrogens (primary N) is 1. The normalized spacial score (nSPS) is 11.3. The second kappa shape index (κ2) is 7.32. The van der Waals surface area contributed by atoms with E-state index in [4.69, 9.17) is 21.8 Å². The molecule has 3 aromatic heterocycles. The number of halogens is 1. The van der Waals surface area contributed by atoms with Gasteiger partial charge < -0.3 is 10.2 Å². The highest BCUT2D eigenvalue weighted by molar-refractivity contribution is 6.30. The van der Waals surface area contributed by atoms with Crippen molar-refractivity contribution in [1.29, 1.82) is 0 Å². The van der Waals surface area contributed by atoms with Crippen LogP contribution in [0.5, 0.6) is 0 Å². The molecule has 30 heavy (non-hydrogen) atoms. The third kappa shape index (κ3) is 3.65. The zero-order chi connectivity index (χ0) is 21.5. The van der Waals surface area contributed by atoms with Crippen LogP contribution in [-0.2, 0) is 5.41 Å². The van der Waals surface area contributed by atoms with Crippen LogP contribution in [-0.4, -0.2) is 25.5 Å². The van der Waals surface area contributed by atoms with Gasteiger partial charge in [-0.1, -0.05) is 35.6 Å². The third-order valence-corrected chi connectivity index (χ3v) is 4.76. The van der Waals surface area contributed by atoms with Crippen LogP contribution in [0, 0.1) is 18.8 Å². The first-order chi connectivity index (χ1) is 14.2. The third-order valence-electron chi connectivity index (χ3n) is 4.54. The highest BCUT2D eigenvalue weighted by atomic mass is 35.5. The summed E-state index contributed by atoms with van der Waals surface area (Å²) in [6.07, 6.45) is 1.62. The molecule has 3 heterocycles. The van der Waals surface area contributed by atoms with E-state index in [0.29, 0.717) is 22.5 Å². The van der Waals surface area contributed by atoms with Crippen LogP contribution in [0.15, 0.2) is 47.0 Å². The van der Waals surface area contributed by atoms with E-state index in [-0.39, 0.29) is 5.82 Å².